The summed E-state index contributed by atoms with van der Waals surface area (Å²) in [6.45, 7) is 4.97. The van der Waals surface area contributed by atoms with Gasteiger partial charge in [-0.2, -0.15) is 5.10 Å². The number of nitrogens with two attached hydrogens (primary N) is 1. The lowest BCUT2D eigenvalue weighted by Gasteiger charge is -2.04. The van der Waals surface area contributed by atoms with Gasteiger partial charge in [-0.15, -0.1) is 0 Å². The van der Waals surface area contributed by atoms with Gasteiger partial charge >= 0.3 is 0 Å². The van der Waals surface area contributed by atoms with Crippen LogP contribution in [0, 0.1) is 0 Å². The van der Waals surface area contributed by atoms with E-state index in [1.54, 1.807) is 0 Å². The molecule has 1 aromatic carbocycles. The number of benzene rings is 1. The van der Waals surface area contributed by atoms with Crippen LogP contribution < -0.4 is 5.73 Å². The minimum atomic E-state index is 0.416. The molecular formula is C13H17N3. The Morgan fingerprint density at radius 2 is 1.94 bits per heavy atom. The zero-order valence-electron chi connectivity index (χ0n) is 9.72. The van der Waals surface area contributed by atoms with Gasteiger partial charge in [0.15, 0.2) is 0 Å². The minimum absolute atomic E-state index is 0.416. The molecule has 2 N–H and O–H groups in total. The van der Waals surface area contributed by atoms with Gasteiger partial charge < -0.3 is 5.73 Å². The van der Waals surface area contributed by atoms with Crippen LogP contribution in [0.1, 0.15) is 31.0 Å². The van der Waals surface area contributed by atoms with Gasteiger partial charge in [0.05, 0.1) is 12.2 Å². The average molecular weight is 215 g/mol. The molecule has 0 saturated heterocycles. The van der Waals surface area contributed by atoms with Gasteiger partial charge in [0.25, 0.3) is 0 Å². The molecule has 0 bridgehead atoms. The van der Waals surface area contributed by atoms with E-state index in [1.165, 1.54) is 5.56 Å². The lowest BCUT2D eigenvalue weighted by Crippen LogP contribution is -2.06. The van der Waals surface area contributed by atoms with Gasteiger partial charge in [0.2, 0.25) is 0 Å². The summed E-state index contributed by atoms with van der Waals surface area (Å²) in [5.74, 6) is 1.15. The van der Waals surface area contributed by atoms with Crippen LogP contribution in [-0.2, 0) is 6.54 Å². The fraction of sp³-hybridized carbons (Fsp3) is 0.308. The largest absolute Gasteiger partial charge is 0.384 e. The molecule has 0 amide bonds. The average Bonchev–Trinajstić information content (AvgIpc) is 2.62. The van der Waals surface area contributed by atoms with E-state index in [1.807, 2.05) is 28.9 Å². The molecule has 0 fully saturated rings. The number of nitrogen functional groups attached to an aromatic ring is 1. The molecule has 0 saturated carbocycles. The van der Waals surface area contributed by atoms with Gasteiger partial charge in [-0.25, -0.2) is 4.68 Å². The monoisotopic (exact) mass is 215 g/mol. The fourth-order valence-electron chi connectivity index (χ4n) is 1.62. The molecule has 0 unspecified atom stereocenters. The van der Waals surface area contributed by atoms with E-state index in [4.69, 9.17) is 5.73 Å². The highest BCUT2D eigenvalue weighted by atomic mass is 15.3. The molecule has 0 radical (unpaired) electrons. The first kappa shape index (κ1) is 10.7. The van der Waals surface area contributed by atoms with Crippen molar-refractivity contribution < 1.29 is 0 Å². The van der Waals surface area contributed by atoms with E-state index in [2.05, 4.69) is 31.1 Å². The van der Waals surface area contributed by atoms with Crippen molar-refractivity contribution in [3.63, 3.8) is 0 Å². The van der Waals surface area contributed by atoms with E-state index >= 15 is 0 Å². The number of hydrogen-bond donors (Lipinski definition) is 1. The van der Waals surface area contributed by atoms with Crippen LogP contribution >= 0.6 is 0 Å². The van der Waals surface area contributed by atoms with E-state index in [0.29, 0.717) is 5.92 Å². The molecule has 0 spiro atoms. The van der Waals surface area contributed by atoms with Gasteiger partial charge in [-0.05, 0) is 11.5 Å². The van der Waals surface area contributed by atoms with Gasteiger partial charge in [0.1, 0.15) is 5.82 Å². The molecule has 1 heterocycles. The van der Waals surface area contributed by atoms with Crippen molar-refractivity contribution in [2.24, 2.45) is 0 Å². The molecule has 2 aromatic rings. The smallest absolute Gasteiger partial charge is 0.122 e. The Bertz CT molecular complexity index is 457. The Morgan fingerprint density at radius 1 is 1.25 bits per heavy atom. The summed E-state index contributed by atoms with van der Waals surface area (Å²) in [5, 5.41) is 4.50. The van der Waals surface area contributed by atoms with E-state index in [0.717, 1.165) is 18.1 Å². The Morgan fingerprint density at radius 3 is 2.50 bits per heavy atom. The first-order chi connectivity index (χ1) is 7.66. The van der Waals surface area contributed by atoms with E-state index in [9.17, 15) is 0 Å². The number of hydrogen-bond acceptors (Lipinski definition) is 2. The first-order valence-electron chi connectivity index (χ1n) is 5.54. The van der Waals surface area contributed by atoms with Crippen molar-refractivity contribution in [1.82, 2.24) is 9.78 Å². The van der Waals surface area contributed by atoms with Crippen LogP contribution in [-0.4, -0.2) is 9.78 Å². The molecule has 0 aliphatic rings. The summed E-state index contributed by atoms with van der Waals surface area (Å²) >= 11 is 0. The molecule has 3 heteroatoms. The van der Waals surface area contributed by atoms with Gasteiger partial charge in [-0.1, -0.05) is 44.2 Å². The molecule has 0 atom stereocenters. The topological polar surface area (TPSA) is 43.8 Å². The molecule has 2 rings (SSSR count). The highest BCUT2D eigenvalue weighted by Crippen LogP contribution is 2.16. The summed E-state index contributed by atoms with van der Waals surface area (Å²) < 4.78 is 1.85. The molecular weight excluding hydrogens is 198 g/mol. The summed E-state index contributed by atoms with van der Waals surface area (Å²) in [6.07, 6.45) is 0. The molecule has 16 heavy (non-hydrogen) atoms. The maximum atomic E-state index is 5.93. The van der Waals surface area contributed by atoms with Crippen molar-refractivity contribution in [1.29, 1.82) is 0 Å². The predicted molar refractivity (Wildman–Crippen MR) is 66.3 cm³/mol. The minimum Gasteiger partial charge on any atom is -0.384 e. The van der Waals surface area contributed by atoms with Crippen LogP contribution in [0.2, 0.25) is 0 Å². The number of rotatable bonds is 3. The van der Waals surface area contributed by atoms with Crippen LogP contribution in [0.5, 0.6) is 0 Å². The second-order valence-electron chi connectivity index (χ2n) is 4.29. The number of anilines is 1. The van der Waals surface area contributed by atoms with Crippen LogP contribution in [0.15, 0.2) is 36.4 Å². The summed E-state index contributed by atoms with van der Waals surface area (Å²) in [4.78, 5) is 0. The van der Waals surface area contributed by atoms with Crippen LogP contribution in [0.4, 0.5) is 5.82 Å². The quantitative estimate of drug-likeness (QED) is 0.855. The standard InChI is InChI=1S/C13H17N3/c1-10(2)12-8-13(14)16(15-12)9-11-6-4-3-5-7-11/h3-8,10H,9,14H2,1-2H3. The van der Waals surface area contributed by atoms with E-state index in [-0.39, 0.29) is 0 Å². The van der Waals surface area contributed by atoms with Crippen LogP contribution in [0.3, 0.4) is 0 Å². The van der Waals surface area contributed by atoms with E-state index < -0.39 is 0 Å². The molecule has 0 aliphatic heterocycles. The van der Waals surface area contributed by atoms with Crippen molar-refractivity contribution in [3.8, 4) is 0 Å². The number of nitrogens with zero attached hydrogens (tertiary/aromatic N) is 2. The third kappa shape index (κ3) is 2.24. The second kappa shape index (κ2) is 4.39. The highest BCUT2D eigenvalue weighted by Gasteiger charge is 2.08. The highest BCUT2D eigenvalue weighted by molar-refractivity contribution is 5.33. The third-order valence-electron chi connectivity index (χ3n) is 2.60. The summed E-state index contributed by atoms with van der Waals surface area (Å²) in [7, 11) is 0. The maximum absolute atomic E-state index is 5.93. The SMILES string of the molecule is CC(C)c1cc(N)n(Cc2ccccc2)n1. The van der Waals surface area contributed by atoms with Crippen molar-refractivity contribution >= 4 is 5.82 Å². The Hall–Kier alpha value is -1.77. The van der Waals surface area contributed by atoms with Crippen molar-refractivity contribution in [2.45, 2.75) is 26.3 Å². The lowest BCUT2D eigenvalue weighted by molar-refractivity contribution is 0.664. The first-order valence-corrected chi connectivity index (χ1v) is 5.54. The number of aromatic nitrogens is 2. The van der Waals surface area contributed by atoms with Gasteiger partial charge in [0, 0.05) is 6.07 Å². The summed E-state index contributed by atoms with van der Waals surface area (Å²) in [6, 6.07) is 12.2. The zero-order chi connectivity index (χ0) is 11.5. The zero-order valence-corrected chi connectivity index (χ0v) is 9.72. The molecule has 0 aliphatic carbocycles. The second-order valence-corrected chi connectivity index (χ2v) is 4.29. The molecule has 84 valence electrons. The fourth-order valence-corrected chi connectivity index (χ4v) is 1.62. The van der Waals surface area contributed by atoms with Gasteiger partial charge in [-0.3, -0.25) is 0 Å². The predicted octanol–water partition coefficient (Wildman–Crippen LogP) is 2.64. The third-order valence-corrected chi connectivity index (χ3v) is 2.60. The lowest BCUT2D eigenvalue weighted by atomic mass is 10.1. The molecule has 1 aromatic heterocycles. The Balaban J connectivity index is 2.22. The van der Waals surface area contributed by atoms with Crippen molar-refractivity contribution in [2.75, 3.05) is 5.73 Å². The van der Waals surface area contributed by atoms with Crippen LogP contribution in [0.25, 0.3) is 0 Å². The summed E-state index contributed by atoms with van der Waals surface area (Å²) in [5.41, 5.74) is 8.19. The molecule has 3 nitrogen and oxygen atoms in total. The Kier molecular flexibility index (Phi) is 2.95. The van der Waals surface area contributed by atoms with Crippen molar-refractivity contribution in [3.05, 3.63) is 47.7 Å². The Labute approximate surface area is 95.9 Å². The normalized spacial score (nSPS) is 10.9. The maximum Gasteiger partial charge on any atom is 0.122 e.